The summed E-state index contributed by atoms with van der Waals surface area (Å²) in [5.41, 5.74) is 1.31. The molecule has 1 aromatic rings. The van der Waals surface area contributed by atoms with Crippen LogP contribution < -0.4 is 10.7 Å². The van der Waals surface area contributed by atoms with Crippen LogP contribution in [0.5, 0.6) is 0 Å². The van der Waals surface area contributed by atoms with Crippen molar-refractivity contribution in [3.8, 4) is 0 Å². The number of aromatic nitrogens is 1. The highest BCUT2D eigenvalue weighted by molar-refractivity contribution is 7.89. The van der Waals surface area contributed by atoms with E-state index in [2.05, 4.69) is 15.4 Å². The molecule has 0 spiro atoms. The lowest BCUT2D eigenvalue weighted by molar-refractivity contribution is 0.0516. The summed E-state index contributed by atoms with van der Waals surface area (Å²) in [4.78, 5) is 26.9. The van der Waals surface area contributed by atoms with Crippen LogP contribution in [0.4, 0.5) is 9.59 Å². The zero-order valence-electron chi connectivity index (χ0n) is 16.5. The van der Waals surface area contributed by atoms with Crippen molar-refractivity contribution < 1.29 is 27.9 Å². The van der Waals surface area contributed by atoms with E-state index < -0.39 is 33.9 Å². The number of amides is 2. The molecule has 160 valence electrons. The lowest BCUT2D eigenvalue weighted by Crippen LogP contribution is -2.46. The minimum atomic E-state index is -3.92. The number of nitrogens with zero attached hydrogens (tertiary/aromatic N) is 3. The first-order valence-corrected chi connectivity index (χ1v) is 10.4. The van der Waals surface area contributed by atoms with Crippen LogP contribution >= 0.6 is 0 Å². The van der Waals surface area contributed by atoms with Crippen molar-refractivity contribution in [2.45, 2.75) is 50.3 Å². The SMILES string of the molecule is CC(C)(C)OC(=O)NC1CCCN(S(=O)(=O)c2ccccn2)C/C1=N\NC(=O)O. The van der Waals surface area contributed by atoms with Crippen LogP contribution in [0.1, 0.15) is 33.6 Å². The van der Waals surface area contributed by atoms with E-state index in [0.29, 0.717) is 12.8 Å². The van der Waals surface area contributed by atoms with Gasteiger partial charge in [0.2, 0.25) is 0 Å². The van der Waals surface area contributed by atoms with Gasteiger partial charge in [-0.2, -0.15) is 9.41 Å². The molecule has 2 rings (SSSR count). The second kappa shape index (κ2) is 9.18. The van der Waals surface area contributed by atoms with Gasteiger partial charge in [-0.1, -0.05) is 6.07 Å². The number of sulfonamides is 1. The third kappa shape index (κ3) is 6.68. The molecule has 0 radical (unpaired) electrons. The van der Waals surface area contributed by atoms with Gasteiger partial charge in [0.15, 0.2) is 5.03 Å². The molecule has 1 aliphatic rings. The topological polar surface area (TPSA) is 150 Å². The standard InChI is InChI=1S/C17H25N5O6S/c1-17(2,3)28-16(25)19-12-7-6-10-22(11-13(12)20-21-15(23)24)29(26,27)14-8-4-5-9-18-14/h4-5,8-9,12,21H,6-7,10-11H2,1-3H3,(H,19,25)(H,23,24)/b20-13+. The van der Waals surface area contributed by atoms with Crippen molar-refractivity contribution in [1.82, 2.24) is 20.0 Å². The quantitative estimate of drug-likeness (QED) is 0.614. The van der Waals surface area contributed by atoms with Crippen LogP contribution in [0.25, 0.3) is 0 Å². The Balaban J connectivity index is 2.27. The highest BCUT2D eigenvalue weighted by Crippen LogP contribution is 2.18. The number of carboxylic acid groups (broad SMARTS) is 1. The number of ether oxygens (including phenoxy) is 1. The number of hydrazone groups is 1. The lowest BCUT2D eigenvalue weighted by Gasteiger charge is -2.24. The van der Waals surface area contributed by atoms with Crippen molar-refractivity contribution in [2.75, 3.05) is 13.1 Å². The molecule has 0 aliphatic carbocycles. The molecule has 1 atom stereocenters. The first kappa shape index (κ1) is 22.6. The molecular formula is C17H25N5O6S. The average molecular weight is 427 g/mol. The van der Waals surface area contributed by atoms with Gasteiger partial charge >= 0.3 is 12.2 Å². The molecule has 1 unspecified atom stereocenters. The zero-order chi connectivity index (χ0) is 21.7. The Labute approximate surface area is 169 Å². The summed E-state index contributed by atoms with van der Waals surface area (Å²) in [5, 5.41) is 15.2. The summed E-state index contributed by atoms with van der Waals surface area (Å²) in [6.07, 6.45) is 0.0357. The highest BCUT2D eigenvalue weighted by atomic mass is 32.2. The fourth-order valence-electron chi connectivity index (χ4n) is 2.68. The molecule has 3 N–H and O–H groups in total. The van der Waals surface area contributed by atoms with Gasteiger partial charge in [0, 0.05) is 12.7 Å². The molecule has 2 amide bonds. The Bertz CT molecular complexity index is 866. The molecule has 1 saturated heterocycles. The highest BCUT2D eigenvalue weighted by Gasteiger charge is 2.33. The van der Waals surface area contributed by atoms with Gasteiger partial charge in [0.1, 0.15) is 5.60 Å². The van der Waals surface area contributed by atoms with Crippen molar-refractivity contribution in [1.29, 1.82) is 0 Å². The van der Waals surface area contributed by atoms with Crippen LogP contribution in [0, 0.1) is 0 Å². The average Bonchev–Trinajstić information content (AvgIpc) is 2.82. The Morgan fingerprint density at radius 1 is 1.34 bits per heavy atom. The summed E-state index contributed by atoms with van der Waals surface area (Å²) < 4.78 is 32.2. The van der Waals surface area contributed by atoms with E-state index in [1.54, 1.807) is 32.9 Å². The molecule has 12 heteroatoms. The lowest BCUT2D eigenvalue weighted by atomic mass is 10.1. The number of nitrogens with one attached hydrogen (secondary N) is 2. The van der Waals surface area contributed by atoms with Gasteiger partial charge in [-0.25, -0.2) is 28.4 Å². The fourth-order valence-corrected chi connectivity index (χ4v) is 4.06. The van der Waals surface area contributed by atoms with Crippen molar-refractivity contribution >= 4 is 27.9 Å². The van der Waals surface area contributed by atoms with Gasteiger partial charge in [-0.05, 0) is 45.7 Å². The van der Waals surface area contributed by atoms with E-state index in [-0.39, 0.29) is 23.8 Å². The summed E-state index contributed by atoms with van der Waals surface area (Å²) in [6.45, 7) is 5.09. The number of pyridine rings is 1. The predicted molar refractivity (Wildman–Crippen MR) is 104 cm³/mol. The van der Waals surface area contributed by atoms with Crippen LogP contribution in [-0.4, -0.2) is 65.4 Å². The minimum Gasteiger partial charge on any atom is -0.464 e. The van der Waals surface area contributed by atoms with Crippen LogP contribution in [0.2, 0.25) is 0 Å². The summed E-state index contributed by atoms with van der Waals surface area (Å²) in [7, 11) is -3.92. The maximum absolute atomic E-state index is 12.9. The molecule has 1 aromatic heterocycles. The van der Waals surface area contributed by atoms with E-state index in [0.717, 1.165) is 4.31 Å². The zero-order valence-corrected chi connectivity index (χ0v) is 17.3. The van der Waals surface area contributed by atoms with Gasteiger partial charge in [-0.15, -0.1) is 0 Å². The normalized spacial score (nSPS) is 20.0. The van der Waals surface area contributed by atoms with Crippen LogP contribution in [-0.2, 0) is 14.8 Å². The maximum atomic E-state index is 12.9. The van der Waals surface area contributed by atoms with Crippen molar-refractivity contribution in [3.05, 3.63) is 24.4 Å². The van der Waals surface area contributed by atoms with Gasteiger partial charge in [0.25, 0.3) is 10.0 Å². The summed E-state index contributed by atoms with van der Waals surface area (Å²) in [6, 6.07) is 3.85. The fraction of sp³-hybridized carbons (Fsp3) is 0.529. The molecule has 0 bridgehead atoms. The van der Waals surface area contributed by atoms with Crippen LogP contribution in [0.15, 0.2) is 34.5 Å². The number of carbonyl (C=O) groups is 2. The second-order valence-electron chi connectivity index (χ2n) is 7.37. The van der Waals surface area contributed by atoms with E-state index in [1.807, 2.05) is 5.43 Å². The monoisotopic (exact) mass is 427 g/mol. The van der Waals surface area contributed by atoms with Gasteiger partial charge in [-0.3, -0.25) is 0 Å². The second-order valence-corrected chi connectivity index (χ2v) is 9.25. The van der Waals surface area contributed by atoms with Crippen molar-refractivity contribution in [2.24, 2.45) is 5.10 Å². The molecule has 29 heavy (non-hydrogen) atoms. The number of hydrogen-bond donors (Lipinski definition) is 3. The molecule has 1 aliphatic heterocycles. The van der Waals surface area contributed by atoms with E-state index in [4.69, 9.17) is 9.84 Å². The molecular weight excluding hydrogens is 402 g/mol. The maximum Gasteiger partial charge on any atom is 0.425 e. The molecule has 0 saturated carbocycles. The summed E-state index contributed by atoms with van der Waals surface area (Å²) >= 11 is 0. The third-order valence-electron chi connectivity index (χ3n) is 3.87. The number of alkyl carbamates (subject to hydrolysis) is 1. The number of carbonyl (C=O) groups excluding carboxylic acids is 1. The summed E-state index contributed by atoms with van der Waals surface area (Å²) in [5.74, 6) is 0. The number of hydrogen-bond acceptors (Lipinski definition) is 7. The molecule has 11 nitrogen and oxygen atoms in total. The van der Waals surface area contributed by atoms with E-state index >= 15 is 0 Å². The van der Waals surface area contributed by atoms with Crippen LogP contribution in [0.3, 0.4) is 0 Å². The molecule has 0 aromatic carbocycles. The largest absolute Gasteiger partial charge is 0.464 e. The Morgan fingerprint density at radius 2 is 2.07 bits per heavy atom. The molecule has 2 heterocycles. The molecule has 1 fully saturated rings. The predicted octanol–water partition coefficient (Wildman–Crippen LogP) is 1.38. The van der Waals surface area contributed by atoms with Crippen molar-refractivity contribution in [3.63, 3.8) is 0 Å². The van der Waals surface area contributed by atoms with E-state index in [9.17, 15) is 18.0 Å². The minimum absolute atomic E-state index is 0.121. The Morgan fingerprint density at radius 3 is 2.66 bits per heavy atom. The smallest absolute Gasteiger partial charge is 0.425 e. The first-order chi connectivity index (χ1) is 13.5. The Hall–Kier alpha value is -2.73. The van der Waals surface area contributed by atoms with E-state index in [1.165, 1.54) is 12.3 Å². The Kier molecular flexibility index (Phi) is 7.14. The third-order valence-corrected chi connectivity index (χ3v) is 5.63. The van der Waals surface area contributed by atoms with Gasteiger partial charge < -0.3 is 15.2 Å². The number of rotatable bonds is 4. The first-order valence-electron chi connectivity index (χ1n) is 8.95. The van der Waals surface area contributed by atoms with Gasteiger partial charge in [0.05, 0.1) is 18.3 Å².